The summed E-state index contributed by atoms with van der Waals surface area (Å²) in [6, 6.07) is 53.5. The van der Waals surface area contributed by atoms with E-state index in [0.29, 0.717) is 17.7 Å². The number of aliphatic hydroxyl groups is 1. The average molecular weight is 801 g/mol. The highest BCUT2D eigenvalue weighted by molar-refractivity contribution is 6.11. The van der Waals surface area contributed by atoms with Gasteiger partial charge in [-0.05, 0) is 87.9 Å². The number of benzene rings is 7. The lowest BCUT2D eigenvalue weighted by Crippen LogP contribution is -2.27. The zero-order chi connectivity index (χ0) is 41.8. The fraction of sp³-hybridized carbons (Fsp3) is 0.164. The Bertz CT molecular complexity index is 3080. The van der Waals surface area contributed by atoms with Crippen molar-refractivity contribution in [3.63, 3.8) is 0 Å². The van der Waals surface area contributed by atoms with Crippen LogP contribution in [0, 0.1) is 6.92 Å². The van der Waals surface area contributed by atoms with Gasteiger partial charge in [-0.25, -0.2) is 0 Å². The standard InChI is InChI=1S/C55H48N2O4/c1-34-29-44(54(58)50(31-34)56-46-23-11-5-17-38(46)39-18-6-12-24-47(39)56)42-21-9-15-27-52(42)60-36(3)33-37(4)61-53-28-16-10-22-43(53)45-30-35(2)32-51(55(45)59)57-48-25-13-7-19-40(48)41-20-8-14-26-49(41)57/h5-32,36-37,44,54,58-59H,33H2,1-4H3/t36-,37+,44?,54?/m1/s1. The van der Waals surface area contributed by atoms with Crippen molar-refractivity contribution >= 4 is 49.3 Å². The predicted octanol–water partition coefficient (Wildman–Crippen LogP) is 13.1. The zero-order valence-electron chi connectivity index (χ0n) is 34.8. The van der Waals surface area contributed by atoms with Gasteiger partial charge in [-0.15, -0.1) is 0 Å². The molecule has 2 unspecified atom stereocenters. The zero-order valence-corrected chi connectivity index (χ0v) is 34.8. The molecule has 0 saturated heterocycles. The van der Waals surface area contributed by atoms with E-state index in [1.807, 2.05) is 66.7 Å². The molecule has 9 aromatic rings. The topological polar surface area (TPSA) is 68.8 Å². The average Bonchev–Trinajstić information content (AvgIpc) is 3.78. The molecule has 1 aliphatic rings. The van der Waals surface area contributed by atoms with Crippen molar-refractivity contribution in [3.05, 3.63) is 187 Å². The lowest BCUT2D eigenvalue weighted by molar-refractivity contribution is 0.129. The number of allylic oxidation sites excluding steroid dienone is 2. The molecule has 2 aromatic heterocycles. The molecular weight excluding hydrogens is 753 g/mol. The number of para-hydroxylation sites is 6. The molecule has 6 heteroatoms. The van der Waals surface area contributed by atoms with Crippen LogP contribution in [0.25, 0.3) is 66.1 Å². The second-order valence-corrected chi connectivity index (χ2v) is 16.5. The number of nitrogens with zero attached hydrogens (tertiary/aromatic N) is 2. The fourth-order valence-corrected chi connectivity index (χ4v) is 9.55. The van der Waals surface area contributed by atoms with E-state index in [4.69, 9.17) is 9.47 Å². The lowest BCUT2D eigenvalue weighted by atomic mass is 9.85. The number of ether oxygens (including phenoxy) is 2. The van der Waals surface area contributed by atoms with Crippen molar-refractivity contribution < 1.29 is 19.7 Å². The maximum absolute atomic E-state index is 12.3. The molecule has 0 spiro atoms. The van der Waals surface area contributed by atoms with Gasteiger partial charge in [0.25, 0.3) is 0 Å². The predicted molar refractivity (Wildman–Crippen MR) is 250 cm³/mol. The Labute approximate surface area is 355 Å². The summed E-state index contributed by atoms with van der Waals surface area (Å²) in [4.78, 5) is 0. The summed E-state index contributed by atoms with van der Waals surface area (Å²) >= 11 is 0. The number of aliphatic hydroxyl groups excluding tert-OH is 1. The molecule has 0 aliphatic heterocycles. The van der Waals surface area contributed by atoms with Crippen LogP contribution in [-0.4, -0.2) is 37.7 Å². The third-order valence-corrected chi connectivity index (χ3v) is 12.1. The normalized spacial score (nSPS) is 16.5. The van der Waals surface area contributed by atoms with Gasteiger partial charge in [0.05, 0.1) is 45.7 Å². The first-order valence-corrected chi connectivity index (χ1v) is 21.2. The van der Waals surface area contributed by atoms with Crippen LogP contribution in [0.2, 0.25) is 0 Å². The van der Waals surface area contributed by atoms with Crippen LogP contribution < -0.4 is 9.47 Å². The van der Waals surface area contributed by atoms with E-state index in [-0.39, 0.29) is 23.9 Å². The summed E-state index contributed by atoms with van der Waals surface area (Å²) in [5, 5.41) is 29.0. The number of rotatable bonds is 10. The maximum Gasteiger partial charge on any atom is 0.147 e. The Morgan fingerprint density at radius 3 is 1.62 bits per heavy atom. The summed E-state index contributed by atoms with van der Waals surface area (Å²) < 4.78 is 17.8. The van der Waals surface area contributed by atoms with E-state index in [1.54, 1.807) is 0 Å². The Morgan fingerprint density at radius 2 is 1.03 bits per heavy atom. The minimum Gasteiger partial charge on any atom is -0.505 e. The molecule has 61 heavy (non-hydrogen) atoms. The number of hydrogen-bond acceptors (Lipinski definition) is 4. The molecule has 4 atom stereocenters. The third-order valence-electron chi connectivity index (χ3n) is 12.1. The quantitative estimate of drug-likeness (QED) is 0.145. The third kappa shape index (κ3) is 6.74. The molecule has 0 saturated carbocycles. The van der Waals surface area contributed by atoms with Crippen LogP contribution in [0.5, 0.6) is 17.2 Å². The smallest absolute Gasteiger partial charge is 0.147 e. The summed E-state index contributed by atoms with van der Waals surface area (Å²) in [6.07, 6.45) is 3.60. The second kappa shape index (κ2) is 15.5. The number of aromatic nitrogens is 2. The van der Waals surface area contributed by atoms with Gasteiger partial charge in [0.2, 0.25) is 0 Å². The van der Waals surface area contributed by atoms with Crippen molar-refractivity contribution in [1.29, 1.82) is 0 Å². The Kier molecular flexibility index (Phi) is 9.73. The molecule has 1 aliphatic carbocycles. The highest BCUT2D eigenvalue weighted by atomic mass is 16.5. The molecular formula is C55H48N2O4. The number of phenols is 1. The van der Waals surface area contributed by atoms with Crippen molar-refractivity contribution in [2.24, 2.45) is 0 Å². The SMILES string of the molecule is CC1=CC(c2ccccc2O[C@H](C)C[C@H](C)Oc2ccccc2-c2cc(C)cc(-n3c4ccccc4c4ccccc43)c2O)C(O)C(n2c3ccccc3c3ccccc32)=C1. The molecule has 2 heterocycles. The van der Waals surface area contributed by atoms with Gasteiger partial charge >= 0.3 is 0 Å². The van der Waals surface area contributed by atoms with Gasteiger partial charge in [0, 0.05) is 50.6 Å². The number of fused-ring (bicyclic) bond motifs is 6. The first kappa shape index (κ1) is 38.2. The molecule has 0 amide bonds. The first-order chi connectivity index (χ1) is 29.7. The molecule has 6 nitrogen and oxygen atoms in total. The van der Waals surface area contributed by atoms with E-state index in [9.17, 15) is 10.2 Å². The molecule has 10 rings (SSSR count). The van der Waals surface area contributed by atoms with Crippen molar-refractivity contribution in [1.82, 2.24) is 9.13 Å². The summed E-state index contributed by atoms with van der Waals surface area (Å²) in [7, 11) is 0. The van der Waals surface area contributed by atoms with Gasteiger partial charge in [-0.3, -0.25) is 0 Å². The molecule has 0 fully saturated rings. The van der Waals surface area contributed by atoms with Gasteiger partial charge in [0.15, 0.2) is 0 Å². The van der Waals surface area contributed by atoms with Crippen LogP contribution in [0.1, 0.15) is 44.2 Å². The van der Waals surface area contributed by atoms with E-state index in [2.05, 4.69) is 140 Å². The fourth-order valence-electron chi connectivity index (χ4n) is 9.55. The Hall–Kier alpha value is -7.02. The van der Waals surface area contributed by atoms with Crippen molar-refractivity contribution in [2.75, 3.05) is 0 Å². The maximum atomic E-state index is 12.3. The Balaban J connectivity index is 0.907. The van der Waals surface area contributed by atoms with Gasteiger partial charge < -0.3 is 28.8 Å². The lowest BCUT2D eigenvalue weighted by Gasteiger charge is -2.30. The number of phenolic OH excluding ortho intramolecular Hbond substituents is 1. The van der Waals surface area contributed by atoms with Crippen molar-refractivity contribution in [3.8, 4) is 34.1 Å². The van der Waals surface area contributed by atoms with E-state index in [1.165, 1.54) is 0 Å². The number of hydrogen-bond donors (Lipinski definition) is 2. The molecule has 0 bridgehead atoms. The van der Waals surface area contributed by atoms with Crippen LogP contribution in [0.3, 0.4) is 0 Å². The minimum atomic E-state index is -0.810. The van der Waals surface area contributed by atoms with Gasteiger partial charge in [0.1, 0.15) is 23.4 Å². The second-order valence-electron chi connectivity index (χ2n) is 16.5. The summed E-state index contributed by atoms with van der Waals surface area (Å²) in [5.41, 5.74) is 10.3. The largest absolute Gasteiger partial charge is 0.505 e. The number of aryl methyl sites for hydroxylation is 1. The number of aromatic hydroxyl groups is 1. The highest BCUT2D eigenvalue weighted by Gasteiger charge is 2.31. The highest BCUT2D eigenvalue weighted by Crippen LogP contribution is 2.44. The Morgan fingerprint density at radius 1 is 0.557 bits per heavy atom. The molecule has 0 radical (unpaired) electrons. The first-order valence-electron chi connectivity index (χ1n) is 21.2. The van der Waals surface area contributed by atoms with E-state index in [0.717, 1.165) is 83.0 Å². The van der Waals surface area contributed by atoms with Crippen LogP contribution in [0.4, 0.5) is 0 Å². The molecule has 7 aromatic carbocycles. The van der Waals surface area contributed by atoms with Gasteiger partial charge in [-0.2, -0.15) is 0 Å². The van der Waals surface area contributed by atoms with E-state index < -0.39 is 6.10 Å². The monoisotopic (exact) mass is 800 g/mol. The molecule has 302 valence electrons. The van der Waals surface area contributed by atoms with Crippen LogP contribution in [0.15, 0.2) is 175 Å². The molecule has 2 N–H and O–H groups in total. The van der Waals surface area contributed by atoms with Crippen LogP contribution in [-0.2, 0) is 0 Å². The minimum absolute atomic E-state index is 0.194. The van der Waals surface area contributed by atoms with E-state index >= 15 is 0 Å². The van der Waals surface area contributed by atoms with Crippen LogP contribution >= 0.6 is 0 Å². The van der Waals surface area contributed by atoms with Gasteiger partial charge in [-0.1, -0.05) is 121 Å². The van der Waals surface area contributed by atoms with Crippen molar-refractivity contribution in [2.45, 2.75) is 58.3 Å². The summed E-state index contributed by atoms with van der Waals surface area (Å²) in [6.45, 7) is 8.28. The summed E-state index contributed by atoms with van der Waals surface area (Å²) in [5.74, 6) is 1.30.